The summed E-state index contributed by atoms with van der Waals surface area (Å²) in [5.74, 6) is 2.27. The van der Waals surface area contributed by atoms with Gasteiger partial charge in [0.25, 0.3) is 0 Å². The second-order valence-electron chi connectivity index (χ2n) is 3.66. The van der Waals surface area contributed by atoms with Gasteiger partial charge in [-0.1, -0.05) is 17.7 Å². The van der Waals surface area contributed by atoms with Crippen LogP contribution in [0.3, 0.4) is 0 Å². The van der Waals surface area contributed by atoms with Crippen molar-refractivity contribution in [3.05, 3.63) is 29.3 Å². The van der Waals surface area contributed by atoms with Gasteiger partial charge in [0.05, 0.1) is 5.52 Å². The summed E-state index contributed by atoms with van der Waals surface area (Å²) in [7, 11) is 0. The Hall–Kier alpha value is -1.00. The average Bonchev–Trinajstić information content (AvgIpc) is 2.76. The van der Waals surface area contributed by atoms with E-state index in [0.717, 1.165) is 28.9 Å². The lowest BCUT2D eigenvalue weighted by atomic mass is 10.1. The first-order valence-electron chi connectivity index (χ1n) is 5.11. The van der Waals surface area contributed by atoms with Crippen LogP contribution in [0.4, 0.5) is 0 Å². The van der Waals surface area contributed by atoms with Crippen LogP contribution < -0.4 is 0 Å². The molecule has 3 nitrogen and oxygen atoms in total. The van der Waals surface area contributed by atoms with Gasteiger partial charge in [-0.3, -0.25) is 0 Å². The van der Waals surface area contributed by atoms with E-state index in [1.165, 1.54) is 17.7 Å². The number of allylic oxidation sites excluding steroid dienone is 1. The third-order valence-electron chi connectivity index (χ3n) is 2.68. The fourth-order valence-electron chi connectivity index (χ4n) is 1.85. The number of hydrogen-bond acceptors (Lipinski definition) is 3. The van der Waals surface area contributed by atoms with E-state index in [2.05, 4.69) is 21.0 Å². The summed E-state index contributed by atoms with van der Waals surface area (Å²) < 4.78 is 0. The van der Waals surface area contributed by atoms with Gasteiger partial charge in [-0.2, -0.15) is 11.8 Å². The van der Waals surface area contributed by atoms with Crippen molar-refractivity contribution < 1.29 is 0 Å². The molecule has 16 heavy (non-hydrogen) atoms. The SMILES string of the molecule is Clc1ncnc2cc(C3=CCSCC3)[nH]c12. The number of aromatic nitrogens is 3. The van der Waals surface area contributed by atoms with E-state index in [0.29, 0.717) is 5.15 Å². The number of nitrogens with zero attached hydrogens (tertiary/aromatic N) is 2. The number of thioether (sulfide) groups is 1. The maximum absolute atomic E-state index is 6.00. The normalized spacial score (nSPS) is 16.4. The summed E-state index contributed by atoms with van der Waals surface area (Å²) in [4.78, 5) is 11.5. The molecule has 0 spiro atoms. The summed E-state index contributed by atoms with van der Waals surface area (Å²) in [6.07, 6.45) is 4.86. The van der Waals surface area contributed by atoms with Crippen LogP contribution in [0.15, 0.2) is 18.5 Å². The van der Waals surface area contributed by atoms with Gasteiger partial charge in [0, 0.05) is 11.4 Å². The van der Waals surface area contributed by atoms with Crippen LogP contribution in [0.1, 0.15) is 12.1 Å². The van der Waals surface area contributed by atoms with Crippen molar-refractivity contribution in [3.8, 4) is 0 Å². The number of aromatic amines is 1. The molecule has 0 saturated carbocycles. The smallest absolute Gasteiger partial charge is 0.156 e. The van der Waals surface area contributed by atoms with Crippen LogP contribution in [0.25, 0.3) is 16.6 Å². The quantitative estimate of drug-likeness (QED) is 0.792. The molecule has 0 amide bonds. The molecule has 2 aromatic heterocycles. The van der Waals surface area contributed by atoms with Crippen molar-refractivity contribution in [3.63, 3.8) is 0 Å². The Balaban J connectivity index is 2.11. The van der Waals surface area contributed by atoms with Crippen LogP contribution in [-0.2, 0) is 0 Å². The fourth-order valence-corrected chi connectivity index (χ4v) is 2.89. The van der Waals surface area contributed by atoms with Crippen molar-refractivity contribution in [2.24, 2.45) is 0 Å². The van der Waals surface area contributed by atoms with Gasteiger partial charge in [0.15, 0.2) is 5.15 Å². The topological polar surface area (TPSA) is 41.6 Å². The predicted octanol–water partition coefficient (Wildman–Crippen LogP) is 3.13. The minimum absolute atomic E-state index is 0.488. The zero-order chi connectivity index (χ0) is 11.0. The molecular weight excluding hydrogens is 242 g/mol. The first-order chi connectivity index (χ1) is 7.84. The molecule has 2 aromatic rings. The molecule has 0 unspecified atom stereocenters. The first-order valence-corrected chi connectivity index (χ1v) is 6.64. The Kier molecular flexibility index (Phi) is 2.61. The summed E-state index contributed by atoms with van der Waals surface area (Å²) in [6, 6.07) is 2.05. The summed E-state index contributed by atoms with van der Waals surface area (Å²) in [5, 5.41) is 0.488. The van der Waals surface area contributed by atoms with Crippen LogP contribution >= 0.6 is 23.4 Å². The highest BCUT2D eigenvalue weighted by Crippen LogP contribution is 2.28. The van der Waals surface area contributed by atoms with Crippen LogP contribution in [0, 0.1) is 0 Å². The molecule has 0 aliphatic carbocycles. The molecule has 1 aliphatic rings. The van der Waals surface area contributed by atoms with Gasteiger partial charge >= 0.3 is 0 Å². The third-order valence-corrected chi connectivity index (χ3v) is 3.86. The van der Waals surface area contributed by atoms with Gasteiger partial charge < -0.3 is 4.98 Å². The van der Waals surface area contributed by atoms with Gasteiger partial charge in [0.1, 0.15) is 11.8 Å². The second kappa shape index (κ2) is 4.11. The predicted molar refractivity (Wildman–Crippen MR) is 68.8 cm³/mol. The van der Waals surface area contributed by atoms with Gasteiger partial charge in [-0.15, -0.1) is 0 Å². The Morgan fingerprint density at radius 1 is 1.38 bits per heavy atom. The number of halogens is 1. The second-order valence-corrected chi connectivity index (χ2v) is 5.17. The molecule has 0 saturated heterocycles. The van der Waals surface area contributed by atoms with E-state index in [-0.39, 0.29) is 0 Å². The standard InChI is InChI=1S/C11H10ClN3S/c12-11-10-9(13-6-14-11)5-8(15-10)7-1-3-16-4-2-7/h1,5-6,15H,2-4H2. The fraction of sp³-hybridized carbons (Fsp3) is 0.273. The highest BCUT2D eigenvalue weighted by atomic mass is 35.5. The van der Waals surface area contributed by atoms with E-state index >= 15 is 0 Å². The maximum atomic E-state index is 6.00. The molecule has 5 heteroatoms. The van der Waals surface area contributed by atoms with Gasteiger partial charge in [-0.25, -0.2) is 9.97 Å². The highest BCUT2D eigenvalue weighted by Gasteiger charge is 2.11. The molecule has 82 valence electrons. The molecule has 0 fully saturated rings. The molecule has 1 aliphatic heterocycles. The van der Waals surface area contributed by atoms with Crippen LogP contribution in [0.5, 0.6) is 0 Å². The molecular formula is C11H10ClN3S. The Morgan fingerprint density at radius 2 is 2.31 bits per heavy atom. The minimum atomic E-state index is 0.488. The molecule has 0 radical (unpaired) electrons. The maximum Gasteiger partial charge on any atom is 0.156 e. The lowest BCUT2D eigenvalue weighted by molar-refractivity contribution is 1.20. The lowest BCUT2D eigenvalue weighted by Crippen LogP contribution is -1.95. The summed E-state index contributed by atoms with van der Waals surface area (Å²) in [5.41, 5.74) is 4.19. The number of hydrogen-bond donors (Lipinski definition) is 1. The van der Waals surface area contributed by atoms with E-state index in [9.17, 15) is 0 Å². The highest BCUT2D eigenvalue weighted by molar-refractivity contribution is 7.99. The molecule has 0 aromatic carbocycles. The number of rotatable bonds is 1. The summed E-state index contributed by atoms with van der Waals surface area (Å²) >= 11 is 7.96. The monoisotopic (exact) mass is 251 g/mol. The zero-order valence-corrected chi connectivity index (χ0v) is 10.1. The van der Waals surface area contributed by atoms with Crippen molar-refractivity contribution >= 4 is 40.0 Å². The van der Waals surface area contributed by atoms with Crippen molar-refractivity contribution in [2.45, 2.75) is 6.42 Å². The lowest BCUT2D eigenvalue weighted by Gasteiger charge is -2.10. The number of nitrogens with one attached hydrogen (secondary N) is 1. The summed E-state index contributed by atoms with van der Waals surface area (Å²) in [6.45, 7) is 0. The minimum Gasteiger partial charge on any atom is -0.351 e. The average molecular weight is 252 g/mol. The first kappa shape index (κ1) is 10.2. The van der Waals surface area contributed by atoms with Gasteiger partial charge in [-0.05, 0) is 23.8 Å². The number of fused-ring (bicyclic) bond motifs is 1. The van der Waals surface area contributed by atoms with Gasteiger partial charge in [0.2, 0.25) is 0 Å². The van der Waals surface area contributed by atoms with E-state index in [1.807, 2.05) is 17.8 Å². The molecule has 0 atom stereocenters. The van der Waals surface area contributed by atoms with E-state index in [4.69, 9.17) is 11.6 Å². The molecule has 1 N–H and O–H groups in total. The van der Waals surface area contributed by atoms with Crippen molar-refractivity contribution in [1.82, 2.24) is 15.0 Å². The Labute approximate surface area is 102 Å². The van der Waals surface area contributed by atoms with Crippen molar-refractivity contribution in [2.75, 3.05) is 11.5 Å². The zero-order valence-electron chi connectivity index (χ0n) is 8.53. The van der Waals surface area contributed by atoms with Crippen LogP contribution in [0.2, 0.25) is 5.15 Å². The van der Waals surface area contributed by atoms with E-state index < -0.39 is 0 Å². The van der Waals surface area contributed by atoms with E-state index in [1.54, 1.807) is 0 Å². The number of H-pyrrole nitrogens is 1. The third kappa shape index (κ3) is 1.72. The molecule has 0 bridgehead atoms. The Bertz CT molecular complexity index is 561. The van der Waals surface area contributed by atoms with Crippen LogP contribution in [-0.4, -0.2) is 26.5 Å². The Morgan fingerprint density at radius 3 is 3.06 bits per heavy atom. The molecule has 3 heterocycles. The molecule has 3 rings (SSSR count). The van der Waals surface area contributed by atoms with Crippen molar-refractivity contribution in [1.29, 1.82) is 0 Å². The largest absolute Gasteiger partial charge is 0.351 e.